The summed E-state index contributed by atoms with van der Waals surface area (Å²) in [4.78, 5) is 11.0. The van der Waals surface area contributed by atoms with Crippen molar-refractivity contribution < 1.29 is 4.79 Å². The first kappa shape index (κ1) is 10.4. The van der Waals surface area contributed by atoms with E-state index in [0.29, 0.717) is 6.54 Å². The highest BCUT2D eigenvalue weighted by molar-refractivity contribution is 5.81. The molecule has 4 nitrogen and oxygen atoms in total. The standard InChI is InChI=1S/C7H17N3O/c1-5(3-4-8)10-7(11)6(2)9/h5-6H,3-4,8-9H2,1-2H3,(H,10,11). The van der Waals surface area contributed by atoms with Crippen molar-refractivity contribution >= 4 is 5.91 Å². The van der Waals surface area contributed by atoms with Gasteiger partial charge in [-0.1, -0.05) is 0 Å². The molecule has 2 atom stereocenters. The van der Waals surface area contributed by atoms with Gasteiger partial charge in [-0.2, -0.15) is 0 Å². The molecule has 0 heterocycles. The average Bonchev–Trinajstić information content (AvgIpc) is 1.87. The Balaban J connectivity index is 3.57. The van der Waals surface area contributed by atoms with E-state index >= 15 is 0 Å². The van der Waals surface area contributed by atoms with E-state index in [2.05, 4.69) is 5.32 Å². The summed E-state index contributed by atoms with van der Waals surface area (Å²) in [7, 11) is 0. The summed E-state index contributed by atoms with van der Waals surface area (Å²) in [5, 5.41) is 2.74. The predicted molar refractivity (Wildman–Crippen MR) is 44.9 cm³/mol. The normalized spacial score (nSPS) is 15.6. The van der Waals surface area contributed by atoms with Crippen molar-refractivity contribution in [2.45, 2.75) is 32.4 Å². The van der Waals surface area contributed by atoms with Crippen LogP contribution < -0.4 is 16.8 Å². The minimum atomic E-state index is -0.435. The number of hydrogen-bond acceptors (Lipinski definition) is 3. The van der Waals surface area contributed by atoms with Gasteiger partial charge in [0, 0.05) is 6.04 Å². The fraction of sp³-hybridized carbons (Fsp3) is 0.857. The molecule has 0 aromatic rings. The van der Waals surface area contributed by atoms with Gasteiger partial charge in [-0.25, -0.2) is 0 Å². The molecule has 1 amide bonds. The van der Waals surface area contributed by atoms with Crippen LogP contribution in [0, 0.1) is 0 Å². The zero-order valence-corrected chi connectivity index (χ0v) is 7.13. The Bertz CT molecular complexity index is 125. The number of rotatable bonds is 4. The molecule has 4 heteroatoms. The van der Waals surface area contributed by atoms with Gasteiger partial charge in [-0.05, 0) is 26.8 Å². The summed E-state index contributed by atoms with van der Waals surface area (Å²) in [6.45, 7) is 4.15. The minimum Gasteiger partial charge on any atom is -0.352 e. The van der Waals surface area contributed by atoms with Crippen molar-refractivity contribution in [2.24, 2.45) is 11.5 Å². The van der Waals surface area contributed by atoms with Crippen molar-refractivity contribution in [1.29, 1.82) is 0 Å². The number of nitrogens with two attached hydrogens (primary N) is 2. The largest absolute Gasteiger partial charge is 0.352 e. The van der Waals surface area contributed by atoms with Gasteiger partial charge >= 0.3 is 0 Å². The monoisotopic (exact) mass is 159 g/mol. The first-order valence-electron chi connectivity index (χ1n) is 3.84. The molecular weight excluding hydrogens is 142 g/mol. The van der Waals surface area contributed by atoms with Gasteiger partial charge in [-0.3, -0.25) is 4.79 Å². The predicted octanol–water partition coefficient (Wildman–Crippen LogP) is -0.813. The van der Waals surface area contributed by atoms with E-state index in [-0.39, 0.29) is 11.9 Å². The Hall–Kier alpha value is -0.610. The molecule has 0 fully saturated rings. The van der Waals surface area contributed by atoms with Crippen LogP contribution in [0.1, 0.15) is 20.3 Å². The minimum absolute atomic E-state index is 0.119. The van der Waals surface area contributed by atoms with Crippen molar-refractivity contribution in [3.8, 4) is 0 Å². The number of hydrogen-bond donors (Lipinski definition) is 3. The zero-order valence-electron chi connectivity index (χ0n) is 7.13. The molecule has 11 heavy (non-hydrogen) atoms. The third-order valence-electron chi connectivity index (χ3n) is 1.40. The van der Waals surface area contributed by atoms with Crippen LogP contribution in [-0.2, 0) is 4.79 Å². The SMILES string of the molecule is CC(CCN)NC(=O)C(C)N. The fourth-order valence-corrected chi connectivity index (χ4v) is 0.696. The number of amides is 1. The highest BCUT2D eigenvalue weighted by atomic mass is 16.2. The third kappa shape index (κ3) is 4.75. The number of carbonyl (C=O) groups is 1. The van der Waals surface area contributed by atoms with Crippen LogP contribution in [0.4, 0.5) is 0 Å². The smallest absolute Gasteiger partial charge is 0.236 e. The highest BCUT2D eigenvalue weighted by Gasteiger charge is 2.09. The average molecular weight is 159 g/mol. The third-order valence-corrected chi connectivity index (χ3v) is 1.40. The number of carbonyl (C=O) groups excluding carboxylic acids is 1. The first-order chi connectivity index (χ1) is 5.07. The van der Waals surface area contributed by atoms with E-state index in [9.17, 15) is 4.79 Å². The van der Waals surface area contributed by atoms with Crippen molar-refractivity contribution in [2.75, 3.05) is 6.54 Å². The Kier molecular flexibility index (Phi) is 4.81. The van der Waals surface area contributed by atoms with Crippen LogP contribution in [0.5, 0.6) is 0 Å². The molecule has 0 aliphatic heterocycles. The van der Waals surface area contributed by atoms with E-state index in [0.717, 1.165) is 6.42 Å². The van der Waals surface area contributed by atoms with Crippen molar-refractivity contribution in [3.05, 3.63) is 0 Å². The van der Waals surface area contributed by atoms with E-state index in [1.807, 2.05) is 6.92 Å². The Morgan fingerprint density at radius 3 is 2.45 bits per heavy atom. The lowest BCUT2D eigenvalue weighted by Gasteiger charge is -2.13. The van der Waals surface area contributed by atoms with Gasteiger partial charge in [-0.15, -0.1) is 0 Å². The van der Waals surface area contributed by atoms with Crippen LogP contribution in [0.25, 0.3) is 0 Å². The van der Waals surface area contributed by atoms with Crippen molar-refractivity contribution in [3.63, 3.8) is 0 Å². The molecule has 0 aromatic heterocycles. The molecule has 5 N–H and O–H groups in total. The van der Waals surface area contributed by atoms with Gasteiger partial charge in [0.2, 0.25) is 5.91 Å². The second-order valence-electron chi connectivity index (χ2n) is 2.78. The summed E-state index contributed by atoms with van der Waals surface area (Å²) in [5.74, 6) is -0.119. The van der Waals surface area contributed by atoms with Gasteiger partial charge in [0.15, 0.2) is 0 Å². The summed E-state index contributed by atoms with van der Waals surface area (Å²) < 4.78 is 0. The molecule has 0 aromatic carbocycles. The van der Waals surface area contributed by atoms with E-state index in [1.165, 1.54) is 0 Å². The highest BCUT2D eigenvalue weighted by Crippen LogP contribution is 1.87. The van der Waals surface area contributed by atoms with Crippen LogP contribution in [0.3, 0.4) is 0 Å². The van der Waals surface area contributed by atoms with Crippen LogP contribution in [-0.4, -0.2) is 24.5 Å². The summed E-state index contributed by atoms with van der Waals surface area (Å²) in [6, 6.07) is -0.311. The molecule has 0 radical (unpaired) electrons. The Morgan fingerprint density at radius 1 is 1.55 bits per heavy atom. The summed E-state index contributed by atoms with van der Waals surface area (Å²) in [5.41, 5.74) is 10.6. The second-order valence-corrected chi connectivity index (χ2v) is 2.78. The molecule has 0 bridgehead atoms. The second kappa shape index (κ2) is 5.09. The maximum atomic E-state index is 11.0. The lowest BCUT2D eigenvalue weighted by Crippen LogP contribution is -2.43. The maximum Gasteiger partial charge on any atom is 0.236 e. The molecule has 2 unspecified atom stereocenters. The van der Waals surface area contributed by atoms with E-state index < -0.39 is 6.04 Å². The van der Waals surface area contributed by atoms with Crippen LogP contribution >= 0.6 is 0 Å². The zero-order chi connectivity index (χ0) is 8.85. The van der Waals surface area contributed by atoms with Crippen molar-refractivity contribution in [1.82, 2.24) is 5.32 Å². The Morgan fingerprint density at radius 2 is 2.09 bits per heavy atom. The quantitative estimate of drug-likeness (QED) is 0.501. The fourth-order valence-electron chi connectivity index (χ4n) is 0.696. The summed E-state index contributed by atoms with van der Waals surface area (Å²) in [6.07, 6.45) is 0.790. The van der Waals surface area contributed by atoms with Gasteiger partial charge in [0.25, 0.3) is 0 Å². The van der Waals surface area contributed by atoms with Crippen LogP contribution in [0.15, 0.2) is 0 Å². The molecule has 0 spiro atoms. The van der Waals surface area contributed by atoms with E-state index in [4.69, 9.17) is 11.5 Å². The molecule has 0 rings (SSSR count). The molecular formula is C7H17N3O. The lowest BCUT2D eigenvalue weighted by molar-refractivity contribution is -0.122. The molecule has 0 aliphatic carbocycles. The van der Waals surface area contributed by atoms with E-state index in [1.54, 1.807) is 6.92 Å². The van der Waals surface area contributed by atoms with Gasteiger partial charge in [0.1, 0.15) is 0 Å². The molecule has 0 saturated carbocycles. The van der Waals surface area contributed by atoms with Gasteiger partial charge in [0.05, 0.1) is 6.04 Å². The van der Waals surface area contributed by atoms with Gasteiger partial charge < -0.3 is 16.8 Å². The Labute approximate surface area is 67.3 Å². The lowest BCUT2D eigenvalue weighted by atomic mass is 10.2. The molecule has 66 valence electrons. The summed E-state index contributed by atoms with van der Waals surface area (Å²) >= 11 is 0. The molecule has 0 aliphatic rings. The first-order valence-corrected chi connectivity index (χ1v) is 3.84. The topological polar surface area (TPSA) is 81.1 Å². The maximum absolute atomic E-state index is 11.0. The van der Waals surface area contributed by atoms with Crippen LogP contribution in [0.2, 0.25) is 0 Å². The molecule has 0 saturated heterocycles. The number of nitrogens with one attached hydrogen (secondary N) is 1.